The molecular formula is C19H19FN2OS2. The summed E-state index contributed by atoms with van der Waals surface area (Å²) in [5.41, 5.74) is 0.0117. The van der Waals surface area contributed by atoms with Crippen LogP contribution in [0.4, 0.5) is 9.52 Å². The predicted molar refractivity (Wildman–Crippen MR) is 102 cm³/mol. The summed E-state index contributed by atoms with van der Waals surface area (Å²) in [6.07, 6.45) is 1.65. The average molecular weight is 375 g/mol. The van der Waals surface area contributed by atoms with E-state index < -0.39 is 5.41 Å². The molecule has 2 aromatic heterocycles. The molecule has 0 radical (unpaired) electrons. The summed E-state index contributed by atoms with van der Waals surface area (Å²) < 4.78 is 13.8. The molecule has 0 aliphatic heterocycles. The van der Waals surface area contributed by atoms with Gasteiger partial charge in [-0.25, -0.2) is 9.37 Å². The summed E-state index contributed by atoms with van der Waals surface area (Å²) in [6, 6.07) is 10.5. The lowest BCUT2D eigenvalue weighted by Gasteiger charge is -2.32. The Morgan fingerprint density at radius 2 is 2.08 bits per heavy atom. The minimum absolute atomic E-state index is 0.136. The Balaban J connectivity index is 2.02. The van der Waals surface area contributed by atoms with Crippen LogP contribution in [-0.2, 0) is 4.79 Å². The Morgan fingerprint density at radius 1 is 1.28 bits per heavy atom. The minimum Gasteiger partial charge on any atom is -0.301 e. The Labute approximate surface area is 154 Å². The number of amides is 1. The maximum absolute atomic E-state index is 13.8. The number of hydrogen-bond acceptors (Lipinski definition) is 4. The second kappa shape index (κ2) is 7.06. The van der Waals surface area contributed by atoms with Crippen LogP contribution in [0.3, 0.4) is 0 Å². The quantitative estimate of drug-likeness (QED) is 0.645. The van der Waals surface area contributed by atoms with Crippen molar-refractivity contribution in [2.45, 2.75) is 26.7 Å². The summed E-state index contributed by atoms with van der Waals surface area (Å²) in [6.45, 7) is 5.81. The molecule has 0 fully saturated rings. The number of nitrogens with one attached hydrogen (secondary N) is 1. The van der Waals surface area contributed by atoms with Gasteiger partial charge in [-0.05, 0) is 36.8 Å². The molecule has 3 aromatic rings. The smallest absolute Gasteiger partial charge is 0.232 e. The molecular weight excluding hydrogens is 355 g/mol. The lowest BCUT2D eigenvalue weighted by atomic mass is 9.73. The van der Waals surface area contributed by atoms with Crippen molar-refractivity contribution < 1.29 is 9.18 Å². The summed E-state index contributed by atoms with van der Waals surface area (Å²) in [5.74, 6) is -0.684. The molecule has 1 N–H and O–H groups in total. The van der Waals surface area contributed by atoms with E-state index in [1.165, 1.54) is 23.5 Å². The molecule has 0 aliphatic carbocycles. The van der Waals surface area contributed by atoms with E-state index in [4.69, 9.17) is 0 Å². The van der Waals surface area contributed by atoms with Gasteiger partial charge in [-0.15, -0.1) is 22.7 Å². The molecule has 0 spiro atoms. The Kier molecular flexibility index (Phi) is 5.01. The van der Waals surface area contributed by atoms with Crippen molar-refractivity contribution in [3.63, 3.8) is 0 Å². The summed E-state index contributed by atoms with van der Waals surface area (Å²) in [4.78, 5) is 19.3. The third-order valence-corrected chi connectivity index (χ3v) is 5.94. The molecule has 25 heavy (non-hydrogen) atoms. The van der Waals surface area contributed by atoms with Crippen LogP contribution >= 0.6 is 22.7 Å². The van der Waals surface area contributed by atoms with Crippen LogP contribution < -0.4 is 5.32 Å². The number of thiophene rings is 1. The molecule has 6 heteroatoms. The maximum atomic E-state index is 13.8. The fraction of sp³-hybridized carbons (Fsp3) is 0.263. The molecule has 1 aromatic carbocycles. The first-order chi connectivity index (χ1) is 11.9. The van der Waals surface area contributed by atoms with Gasteiger partial charge in [0.2, 0.25) is 5.91 Å². The number of carbonyl (C=O) groups excluding carboxylic acids is 1. The van der Waals surface area contributed by atoms with Crippen LogP contribution in [0.25, 0.3) is 0 Å². The van der Waals surface area contributed by atoms with Crippen LogP contribution in [0.5, 0.6) is 0 Å². The van der Waals surface area contributed by atoms with Gasteiger partial charge in [-0.3, -0.25) is 4.79 Å². The van der Waals surface area contributed by atoms with Crippen LogP contribution in [0, 0.1) is 18.2 Å². The van der Waals surface area contributed by atoms with E-state index in [1.807, 2.05) is 44.4 Å². The van der Waals surface area contributed by atoms with Crippen LogP contribution in [0.1, 0.15) is 35.1 Å². The molecule has 1 unspecified atom stereocenters. The van der Waals surface area contributed by atoms with E-state index in [-0.39, 0.29) is 17.6 Å². The summed E-state index contributed by atoms with van der Waals surface area (Å²) in [7, 11) is 0. The minimum atomic E-state index is -0.781. The normalized spacial score (nSPS) is 12.8. The first kappa shape index (κ1) is 17.8. The number of aromatic nitrogens is 1. The lowest BCUT2D eigenvalue weighted by molar-refractivity contribution is -0.124. The summed E-state index contributed by atoms with van der Waals surface area (Å²) in [5, 5.41) is 5.27. The highest BCUT2D eigenvalue weighted by molar-refractivity contribution is 7.13. The zero-order chi connectivity index (χ0) is 18.0. The molecule has 3 nitrogen and oxygen atoms in total. The number of hydrogen-bond donors (Lipinski definition) is 1. The molecule has 1 amide bonds. The monoisotopic (exact) mass is 374 g/mol. The second-order valence-corrected chi connectivity index (χ2v) is 8.66. The average Bonchev–Trinajstić information content (AvgIpc) is 3.19. The fourth-order valence-corrected chi connectivity index (χ4v) is 4.62. The van der Waals surface area contributed by atoms with Crippen molar-refractivity contribution in [1.82, 2.24) is 4.98 Å². The van der Waals surface area contributed by atoms with Crippen molar-refractivity contribution in [3.8, 4) is 0 Å². The van der Waals surface area contributed by atoms with Gasteiger partial charge in [0, 0.05) is 27.2 Å². The molecule has 3 rings (SSSR count). The van der Waals surface area contributed by atoms with Gasteiger partial charge in [-0.1, -0.05) is 26.0 Å². The van der Waals surface area contributed by atoms with Gasteiger partial charge < -0.3 is 5.32 Å². The Hall–Kier alpha value is -2.05. The van der Waals surface area contributed by atoms with E-state index in [9.17, 15) is 9.18 Å². The predicted octanol–water partition coefficient (Wildman–Crippen LogP) is 5.45. The van der Waals surface area contributed by atoms with Crippen molar-refractivity contribution in [2.75, 3.05) is 5.32 Å². The fourth-order valence-electron chi connectivity index (χ4n) is 2.91. The lowest BCUT2D eigenvalue weighted by Crippen LogP contribution is -2.36. The Morgan fingerprint density at radius 3 is 2.68 bits per heavy atom. The molecule has 0 saturated carbocycles. The van der Waals surface area contributed by atoms with Gasteiger partial charge in [0.1, 0.15) is 5.82 Å². The first-order valence-electron chi connectivity index (χ1n) is 7.90. The number of halogens is 1. The topological polar surface area (TPSA) is 42.0 Å². The molecule has 2 heterocycles. The van der Waals surface area contributed by atoms with E-state index in [0.717, 1.165) is 15.3 Å². The van der Waals surface area contributed by atoms with Gasteiger partial charge in [0.05, 0.1) is 5.41 Å². The van der Waals surface area contributed by atoms with Gasteiger partial charge in [0.25, 0.3) is 0 Å². The van der Waals surface area contributed by atoms with Gasteiger partial charge in [0.15, 0.2) is 5.13 Å². The van der Waals surface area contributed by atoms with E-state index in [0.29, 0.717) is 5.13 Å². The summed E-state index contributed by atoms with van der Waals surface area (Å²) >= 11 is 3.01. The third-order valence-electron chi connectivity index (χ3n) is 4.19. The number of anilines is 1. The maximum Gasteiger partial charge on any atom is 0.232 e. The van der Waals surface area contributed by atoms with Gasteiger partial charge in [-0.2, -0.15) is 0 Å². The van der Waals surface area contributed by atoms with E-state index >= 15 is 0 Å². The Bertz CT molecular complexity index is 871. The van der Waals surface area contributed by atoms with Crippen LogP contribution in [-0.4, -0.2) is 10.9 Å². The van der Waals surface area contributed by atoms with Crippen molar-refractivity contribution >= 4 is 33.7 Å². The highest BCUT2D eigenvalue weighted by Crippen LogP contribution is 2.44. The number of thiazole rings is 1. The van der Waals surface area contributed by atoms with E-state index in [2.05, 4.69) is 10.3 Å². The molecule has 1 atom stereocenters. The second-order valence-electron chi connectivity index (χ2n) is 6.45. The standard InChI is InChI=1S/C19H19FN2OS2/c1-12-7-8-15(25-12)16(13-5-4-6-14(20)11-13)19(2,3)17(23)22-18-21-9-10-24-18/h4-11,16H,1-3H3,(H,21,22,23). The number of rotatable bonds is 5. The molecule has 130 valence electrons. The van der Waals surface area contributed by atoms with Gasteiger partial charge >= 0.3 is 0 Å². The zero-order valence-electron chi connectivity index (χ0n) is 14.2. The number of carbonyl (C=O) groups is 1. The van der Waals surface area contributed by atoms with E-state index in [1.54, 1.807) is 23.6 Å². The number of benzene rings is 1. The number of aryl methyl sites for hydroxylation is 1. The van der Waals surface area contributed by atoms with Crippen molar-refractivity contribution in [3.05, 3.63) is 69.1 Å². The molecule has 0 bridgehead atoms. The zero-order valence-corrected chi connectivity index (χ0v) is 15.9. The molecule has 0 saturated heterocycles. The highest BCUT2D eigenvalue weighted by atomic mass is 32.1. The first-order valence-corrected chi connectivity index (χ1v) is 9.60. The van der Waals surface area contributed by atoms with Crippen molar-refractivity contribution in [2.24, 2.45) is 5.41 Å². The molecule has 0 aliphatic rings. The van der Waals surface area contributed by atoms with Crippen LogP contribution in [0.15, 0.2) is 48.0 Å². The van der Waals surface area contributed by atoms with Crippen molar-refractivity contribution in [1.29, 1.82) is 0 Å². The largest absolute Gasteiger partial charge is 0.301 e. The highest BCUT2D eigenvalue weighted by Gasteiger charge is 2.40. The third kappa shape index (κ3) is 3.80. The van der Waals surface area contributed by atoms with Crippen LogP contribution in [0.2, 0.25) is 0 Å². The number of nitrogens with zero attached hydrogens (tertiary/aromatic N) is 1. The SMILES string of the molecule is Cc1ccc(C(c2cccc(F)c2)C(C)(C)C(=O)Nc2nccs2)s1.